The van der Waals surface area contributed by atoms with Crippen LogP contribution >= 0.6 is 11.6 Å². The minimum Gasteiger partial charge on any atom is -0.481 e. The average molecular weight is 298 g/mol. The van der Waals surface area contributed by atoms with Crippen molar-refractivity contribution in [2.24, 2.45) is 17.8 Å². The first-order chi connectivity index (χ1) is 9.60. The fourth-order valence-corrected chi connectivity index (χ4v) is 3.55. The van der Waals surface area contributed by atoms with Crippen molar-refractivity contribution in [3.05, 3.63) is 16.7 Å². The van der Waals surface area contributed by atoms with Gasteiger partial charge in [0.15, 0.2) is 5.15 Å². The topological polar surface area (TPSA) is 69.2 Å². The van der Waals surface area contributed by atoms with Crippen LogP contribution in [-0.4, -0.2) is 39.0 Å². The van der Waals surface area contributed by atoms with Crippen molar-refractivity contribution >= 4 is 17.6 Å². The van der Waals surface area contributed by atoms with Crippen molar-refractivity contribution in [1.82, 2.24) is 14.9 Å². The molecule has 3 rings (SSSR count). The second-order valence-electron chi connectivity index (χ2n) is 5.94. The lowest BCUT2D eigenvalue weighted by molar-refractivity contribution is -0.139. The van der Waals surface area contributed by atoms with E-state index in [9.17, 15) is 4.79 Å². The molecule has 0 aromatic carbocycles. The molecule has 1 aliphatic carbocycles. The first-order valence-electron chi connectivity index (χ1n) is 7.28. The highest BCUT2D eigenvalue weighted by molar-refractivity contribution is 6.30. The van der Waals surface area contributed by atoms with Crippen LogP contribution in [0.15, 0.2) is 0 Å². The number of carboxylic acids is 1. The van der Waals surface area contributed by atoms with Crippen LogP contribution < -0.4 is 0 Å². The van der Waals surface area contributed by atoms with Crippen molar-refractivity contribution in [2.75, 3.05) is 13.1 Å². The highest BCUT2D eigenvalue weighted by atomic mass is 35.5. The Balaban J connectivity index is 1.55. The van der Waals surface area contributed by atoms with E-state index in [1.54, 1.807) is 0 Å². The van der Waals surface area contributed by atoms with Crippen molar-refractivity contribution in [1.29, 1.82) is 0 Å². The van der Waals surface area contributed by atoms with Crippen LogP contribution in [0.3, 0.4) is 0 Å². The van der Waals surface area contributed by atoms with Crippen LogP contribution in [0.4, 0.5) is 0 Å². The van der Waals surface area contributed by atoms with E-state index in [4.69, 9.17) is 16.7 Å². The summed E-state index contributed by atoms with van der Waals surface area (Å²) in [5.74, 6) is 0.895. The molecule has 6 heteroatoms. The number of fused-ring (bicyclic) bond motifs is 1. The van der Waals surface area contributed by atoms with Crippen LogP contribution in [0.25, 0.3) is 0 Å². The number of H-pyrrole nitrogens is 1. The number of aromatic nitrogens is 2. The van der Waals surface area contributed by atoms with Crippen molar-refractivity contribution in [3.63, 3.8) is 0 Å². The summed E-state index contributed by atoms with van der Waals surface area (Å²) < 4.78 is 0. The minimum atomic E-state index is -0.638. The maximum Gasteiger partial charge on any atom is 0.307 e. The van der Waals surface area contributed by atoms with E-state index in [0.717, 1.165) is 50.4 Å². The van der Waals surface area contributed by atoms with Crippen molar-refractivity contribution in [3.8, 4) is 0 Å². The number of carbonyl (C=O) groups is 1. The smallest absolute Gasteiger partial charge is 0.307 e. The number of piperidine rings is 1. The molecule has 2 heterocycles. The molecule has 5 nitrogen and oxygen atoms in total. The largest absolute Gasteiger partial charge is 0.481 e. The van der Waals surface area contributed by atoms with Crippen molar-refractivity contribution in [2.45, 2.75) is 32.7 Å². The number of unbranched alkanes of at least 4 members (excludes halogenated alkanes) is 1. The van der Waals surface area contributed by atoms with Gasteiger partial charge < -0.3 is 10.1 Å². The van der Waals surface area contributed by atoms with Gasteiger partial charge in [0, 0.05) is 26.1 Å². The number of rotatable bonds is 6. The number of halogens is 1. The Labute approximate surface area is 123 Å². The highest BCUT2D eigenvalue weighted by Crippen LogP contribution is 2.52. The third-order valence-corrected chi connectivity index (χ3v) is 4.79. The number of aliphatic carboxylic acids is 1. The standard InChI is InChI=1S/C14H20ClN3O2/c1-2-3-4-11-16-10(13(15)17-11)7-18-5-8-9(6-18)12(8)14(19)20/h8-9,12H,2-7H2,1H3,(H,16,17)(H,19,20)/t8-,9+,12?. The van der Waals surface area contributed by atoms with Gasteiger partial charge in [-0.3, -0.25) is 9.69 Å². The molecule has 2 N–H and O–H groups in total. The molecule has 2 aliphatic rings. The quantitative estimate of drug-likeness (QED) is 0.844. The van der Waals surface area contributed by atoms with Gasteiger partial charge >= 0.3 is 5.97 Å². The van der Waals surface area contributed by atoms with E-state index in [2.05, 4.69) is 21.8 Å². The van der Waals surface area contributed by atoms with Gasteiger partial charge in [0.2, 0.25) is 0 Å². The molecule has 3 atom stereocenters. The highest BCUT2D eigenvalue weighted by Gasteiger charge is 2.59. The maximum absolute atomic E-state index is 10.9. The van der Waals surface area contributed by atoms with E-state index in [0.29, 0.717) is 17.0 Å². The number of aromatic amines is 1. The minimum absolute atomic E-state index is 0.108. The Morgan fingerprint density at radius 1 is 1.50 bits per heavy atom. The van der Waals surface area contributed by atoms with Gasteiger partial charge in [-0.1, -0.05) is 24.9 Å². The fraction of sp³-hybridized carbons (Fsp3) is 0.714. The summed E-state index contributed by atoms with van der Waals surface area (Å²) in [6, 6.07) is 0. The molecule has 110 valence electrons. The summed E-state index contributed by atoms with van der Waals surface area (Å²) in [7, 11) is 0. The Morgan fingerprint density at radius 3 is 2.80 bits per heavy atom. The summed E-state index contributed by atoms with van der Waals surface area (Å²) in [5.41, 5.74) is 0.964. The molecule has 1 saturated heterocycles. The molecular formula is C14H20ClN3O2. The molecule has 1 unspecified atom stereocenters. The Kier molecular flexibility index (Phi) is 3.73. The molecule has 1 saturated carbocycles. The number of hydrogen-bond acceptors (Lipinski definition) is 3. The SMILES string of the molecule is CCCCc1nc(Cl)c(CN2C[C@@H]3C(C(=O)O)[C@@H]3C2)[nH]1. The summed E-state index contributed by atoms with van der Waals surface area (Å²) in [6.45, 7) is 4.63. The molecule has 1 aliphatic heterocycles. The van der Waals surface area contributed by atoms with Crippen LogP contribution in [0, 0.1) is 17.8 Å². The molecule has 2 fully saturated rings. The number of aryl methyl sites for hydroxylation is 1. The summed E-state index contributed by atoms with van der Waals surface area (Å²) in [5, 5.41) is 9.57. The number of nitrogens with zero attached hydrogens (tertiary/aromatic N) is 2. The predicted molar refractivity (Wildman–Crippen MR) is 75.6 cm³/mol. The van der Waals surface area contributed by atoms with Crippen molar-refractivity contribution < 1.29 is 9.90 Å². The number of imidazole rings is 1. The van der Waals surface area contributed by atoms with Crippen LogP contribution in [0.5, 0.6) is 0 Å². The Bertz CT molecular complexity index is 505. The van der Waals surface area contributed by atoms with E-state index < -0.39 is 5.97 Å². The van der Waals surface area contributed by atoms with Gasteiger partial charge in [-0.05, 0) is 18.3 Å². The van der Waals surface area contributed by atoms with E-state index in [-0.39, 0.29) is 5.92 Å². The van der Waals surface area contributed by atoms with Crippen LogP contribution in [-0.2, 0) is 17.8 Å². The van der Waals surface area contributed by atoms with E-state index >= 15 is 0 Å². The molecule has 1 aromatic heterocycles. The molecule has 1 aromatic rings. The normalized spacial score (nSPS) is 28.6. The number of likely N-dealkylation sites (tertiary alicyclic amines) is 1. The van der Waals surface area contributed by atoms with Gasteiger partial charge in [-0.2, -0.15) is 0 Å². The van der Waals surface area contributed by atoms with Gasteiger partial charge in [-0.25, -0.2) is 4.98 Å². The predicted octanol–water partition coefficient (Wildman–Crippen LogP) is 2.17. The van der Waals surface area contributed by atoms with Gasteiger partial charge in [0.05, 0.1) is 11.6 Å². The Morgan fingerprint density at radius 2 is 2.20 bits per heavy atom. The van der Waals surface area contributed by atoms with E-state index in [1.807, 2.05) is 0 Å². The molecule has 20 heavy (non-hydrogen) atoms. The fourth-order valence-electron chi connectivity index (χ4n) is 3.34. The van der Waals surface area contributed by atoms with E-state index in [1.165, 1.54) is 0 Å². The maximum atomic E-state index is 10.9. The number of carboxylic acid groups (broad SMARTS) is 1. The molecule has 0 amide bonds. The summed E-state index contributed by atoms with van der Waals surface area (Å²) in [4.78, 5) is 20.9. The second-order valence-corrected chi connectivity index (χ2v) is 6.30. The zero-order valence-electron chi connectivity index (χ0n) is 11.6. The van der Waals surface area contributed by atoms with Gasteiger partial charge in [0.25, 0.3) is 0 Å². The van der Waals surface area contributed by atoms with Gasteiger partial charge in [-0.15, -0.1) is 0 Å². The lowest BCUT2D eigenvalue weighted by Crippen LogP contribution is -2.26. The van der Waals surface area contributed by atoms with Crippen LogP contribution in [0.1, 0.15) is 31.3 Å². The lowest BCUT2D eigenvalue weighted by atomic mass is 10.2. The van der Waals surface area contributed by atoms with Gasteiger partial charge in [0.1, 0.15) is 5.82 Å². The zero-order chi connectivity index (χ0) is 14.3. The summed E-state index contributed by atoms with van der Waals surface area (Å²) in [6.07, 6.45) is 3.18. The Hall–Kier alpha value is -1.07. The molecular weight excluding hydrogens is 278 g/mol. The zero-order valence-corrected chi connectivity index (χ0v) is 12.4. The third kappa shape index (κ3) is 2.56. The number of hydrogen-bond donors (Lipinski definition) is 2. The third-order valence-electron chi connectivity index (χ3n) is 4.48. The monoisotopic (exact) mass is 297 g/mol. The average Bonchev–Trinajstić information content (AvgIpc) is 2.74. The first-order valence-corrected chi connectivity index (χ1v) is 7.66. The van der Waals surface area contributed by atoms with Crippen LogP contribution in [0.2, 0.25) is 5.15 Å². The summed E-state index contributed by atoms with van der Waals surface area (Å²) >= 11 is 6.17. The number of nitrogens with one attached hydrogen (secondary N) is 1. The molecule has 0 radical (unpaired) electrons. The lowest BCUT2D eigenvalue weighted by Gasteiger charge is -2.17. The molecule has 0 bridgehead atoms. The molecule has 0 spiro atoms. The second kappa shape index (κ2) is 5.37. The first kappa shape index (κ1) is 13.9.